The molecule has 7 heteroatoms. The van der Waals surface area contributed by atoms with Crippen LogP contribution in [0.15, 0.2) is 46.7 Å². The summed E-state index contributed by atoms with van der Waals surface area (Å²) in [4.78, 5) is 13.3. The van der Waals surface area contributed by atoms with Gasteiger partial charge in [0.2, 0.25) is 15.9 Å². The molecule has 2 fully saturated rings. The summed E-state index contributed by atoms with van der Waals surface area (Å²) in [5, 5.41) is 4.75. The van der Waals surface area contributed by atoms with Crippen LogP contribution >= 0.6 is 11.3 Å². The van der Waals surface area contributed by atoms with Gasteiger partial charge in [-0.2, -0.15) is 0 Å². The molecule has 0 spiro atoms. The van der Waals surface area contributed by atoms with Gasteiger partial charge in [-0.25, -0.2) is 13.1 Å². The first-order valence-electron chi connectivity index (χ1n) is 9.85. The van der Waals surface area contributed by atoms with Gasteiger partial charge in [0.1, 0.15) is 0 Å². The third-order valence-corrected chi connectivity index (χ3v) is 8.59. The average molecular weight is 419 g/mol. The van der Waals surface area contributed by atoms with Crippen molar-refractivity contribution in [1.29, 1.82) is 0 Å². The molecule has 2 N–H and O–H groups in total. The number of benzene rings is 1. The first-order chi connectivity index (χ1) is 13.4. The molecule has 28 heavy (non-hydrogen) atoms. The van der Waals surface area contributed by atoms with Crippen LogP contribution in [0.3, 0.4) is 0 Å². The molecule has 1 amide bonds. The van der Waals surface area contributed by atoms with Crippen molar-refractivity contribution in [3.05, 3.63) is 46.7 Å². The maximum Gasteiger partial charge on any atom is 0.240 e. The Morgan fingerprint density at radius 2 is 1.96 bits per heavy atom. The van der Waals surface area contributed by atoms with Gasteiger partial charge in [0, 0.05) is 16.6 Å². The van der Waals surface area contributed by atoms with E-state index < -0.39 is 10.0 Å². The van der Waals surface area contributed by atoms with Crippen molar-refractivity contribution >= 4 is 33.0 Å². The highest BCUT2D eigenvalue weighted by molar-refractivity contribution is 7.89. The second kappa shape index (κ2) is 7.97. The summed E-state index contributed by atoms with van der Waals surface area (Å²) in [5.74, 6) is 1.80. The fraction of sp³-hybridized carbons (Fsp3) is 0.476. The minimum absolute atomic E-state index is 0.0505. The third-order valence-electron chi connectivity index (χ3n) is 6.14. The standard InChI is InChI=1S/C21H26N2O3S2/c1-14(20-12-15-4-5-16(20)11-15)23-28(25,26)19-8-6-17(7-9-19)22-21(24)13-18-3-2-10-27-18/h2-3,6-10,14-16,20,23H,4-5,11-13H2,1H3,(H,22,24). The second-order valence-corrected chi connectivity index (χ2v) is 10.8. The number of rotatable bonds is 7. The molecule has 1 heterocycles. The van der Waals surface area contributed by atoms with E-state index in [2.05, 4.69) is 10.0 Å². The Morgan fingerprint density at radius 1 is 1.18 bits per heavy atom. The molecule has 1 aromatic heterocycles. The fourth-order valence-electron chi connectivity index (χ4n) is 4.80. The van der Waals surface area contributed by atoms with Crippen molar-refractivity contribution in [3.63, 3.8) is 0 Å². The number of carbonyl (C=O) groups is 1. The van der Waals surface area contributed by atoms with Crippen LogP contribution in [0.2, 0.25) is 0 Å². The van der Waals surface area contributed by atoms with Crippen LogP contribution in [0.25, 0.3) is 0 Å². The highest BCUT2D eigenvalue weighted by Crippen LogP contribution is 2.49. The van der Waals surface area contributed by atoms with E-state index in [-0.39, 0.29) is 16.8 Å². The molecule has 0 aliphatic heterocycles. The quantitative estimate of drug-likeness (QED) is 0.713. The van der Waals surface area contributed by atoms with Gasteiger partial charge in [-0.1, -0.05) is 12.5 Å². The molecule has 4 atom stereocenters. The topological polar surface area (TPSA) is 75.3 Å². The Kier molecular flexibility index (Phi) is 5.58. The first kappa shape index (κ1) is 19.6. The van der Waals surface area contributed by atoms with Crippen LogP contribution < -0.4 is 10.0 Å². The molecule has 4 rings (SSSR count). The number of hydrogen-bond acceptors (Lipinski definition) is 4. The zero-order valence-electron chi connectivity index (χ0n) is 15.9. The van der Waals surface area contributed by atoms with Crippen molar-refractivity contribution in [2.75, 3.05) is 5.32 Å². The fourth-order valence-corrected chi connectivity index (χ4v) is 6.80. The molecule has 5 nitrogen and oxygen atoms in total. The highest BCUT2D eigenvalue weighted by atomic mass is 32.2. The minimum Gasteiger partial charge on any atom is -0.326 e. The van der Waals surface area contributed by atoms with E-state index in [1.165, 1.54) is 30.6 Å². The molecule has 0 saturated heterocycles. The molecule has 2 bridgehead atoms. The van der Waals surface area contributed by atoms with E-state index in [9.17, 15) is 13.2 Å². The van der Waals surface area contributed by atoms with Crippen LogP contribution in [0.1, 0.15) is 37.5 Å². The van der Waals surface area contributed by atoms with Crippen molar-refractivity contribution in [2.24, 2.45) is 17.8 Å². The summed E-state index contributed by atoms with van der Waals surface area (Å²) in [6.07, 6.45) is 5.27. The minimum atomic E-state index is -3.56. The van der Waals surface area contributed by atoms with E-state index in [0.717, 1.165) is 17.2 Å². The maximum atomic E-state index is 12.8. The van der Waals surface area contributed by atoms with Crippen molar-refractivity contribution in [1.82, 2.24) is 4.72 Å². The van der Waals surface area contributed by atoms with E-state index in [4.69, 9.17) is 0 Å². The number of anilines is 1. The number of fused-ring (bicyclic) bond motifs is 2. The third kappa shape index (κ3) is 4.31. The Bertz CT molecular complexity index is 923. The van der Waals surface area contributed by atoms with E-state index in [1.54, 1.807) is 24.3 Å². The average Bonchev–Trinajstić information content (AvgIpc) is 3.40. The molecule has 1 aromatic carbocycles. The summed E-state index contributed by atoms with van der Waals surface area (Å²) < 4.78 is 28.4. The van der Waals surface area contributed by atoms with E-state index in [1.807, 2.05) is 24.4 Å². The van der Waals surface area contributed by atoms with Crippen LogP contribution in [-0.2, 0) is 21.2 Å². The summed E-state index contributed by atoms with van der Waals surface area (Å²) in [6.45, 7) is 1.99. The van der Waals surface area contributed by atoms with Gasteiger partial charge >= 0.3 is 0 Å². The van der Waals surface area contributed by atoms with Gasteiger partial charge in [0.25, 0.3) is 0 Å². The number of amides is 1. The number of hydrogen-bond donors (Lipinski definition) is 2. The molecule has 2 saturated carbocycles. The van der Waals surface area contributed by atoms with Crippen LogP contribution in [-0.4, -0.2) is 20.4 Å². The van der Waals surface area contributed by atoms with Crippen LogP contribution in [0.5, 0.6) is 0 Å². The number of thiophene rings is 1. The number of carbonyl (C=O) groups excluding carboxylic acids is 1. The normalized spacial score (nSPS) is 25.0. The summed E-state index contributed by atoms with van der Waals surface area (Å²) in [5.41, 5.74) is 0.599. The monoisotopic (exact) mass is 418 g/mol. The van der Waals surface area contributed by atoms with Crippen LogP contribution in [0.4, 0.5) is 5.69 Å². The first-order valence-corrected chi connectivity index (χ1v) is 12.2. The lowest BCUT2D eigenvalue weighted by atomic mass is 9.84. The summed E-state index contributed by atoms with van der Waals surface area (Å²) in [7, 11) is -3.56. The predicted molar refractivity (Wildman–Crippen MR) is 112 cm³/mol. The van der Waals surface area contributed by atoms with Gasteiger partial charge < -0.3 is 5.32 Å². The molecule has 2 aliphatic carbocycles. The zero-order valence-corrected chi connectivity index (χ0v) is 17.6. The molecule has 2 aliphatic rings. The zero-order chi connectivity index (χ0) is 19.7. The molecule has 150 valence electrons. The smallest absolute Gasteiger partial charge is 0.240 e. The van der Waals surface area contributed by atoms with Crippen molar-refractivity contribution < 1.29 is 13.2 Å². The van der Waals surface area contributed by atoms with Gasteiger partial charge in [-0.3, -0.25) is 4.79 Å². The van der Waals surface area contributed by atoms with Gasteiger partial charge in [-0.15, -0.1) is 11.3 Å². The molecule has 0 radical (unpaired) electrons. The lowest BCUT2D eigenvalue weighted by molar-refractivity contribution is -0.115. The SMILES string of the molecule is CC(NS(=O)(=O)c1ccc(NC(=O)Cc2cccs2)cc1)C1CC2CCC1C2. The molecular formula is C21H26N2O3S2. The van der Waals surface area contributed by atoms with Crippen molar-refractivity contribution in [3.8, 4) is 0 Å². The Hall–Kier alpha value is -1.70. The maximum absolute atomic E-state index is 12.8. The van der Waals surface area contributed by atoms with E-state index in [0.29, 0.717) is 23.9 Å². The lowest BCUT2D eigenvalue weighted by Crippen LogP contribution is -2.40. The molecule has 2 aromatic rings. The van der Waals surface area contributed by atoms with Crippen LogP contribution in [0, 0.1) is 17.8 Å². The van der Waals surface area contributed by atoms with Gasteiger partial charge in [-0.05, 0) is 79.7 Å². The lowest BCUT2D eigenvalue weighted by Gasteiger charge is -2.28. The largest absolute Gasteiger partial charge is 0.326 e. The Labute approximate surface area is 170 Å². The highest BCUT2D eigenvalue weighted by Gasteiger charge is 2.42. The summed E-state index contributed by atoms with van der Waals surface area (Å²) in [6, 6.07) is 10.2. The Balaban J connectivity index is 1.36. The van der Waals surface area contributed by atoms with Gasteiger partial charge in [0.05, 0.1) is 11.3 Å². The number of nitrogens with one attached hydrogen (secondary N) is 2. The Morgan fingerprint density at radius 3 is 2.57 bits per heavy atom. The summed E-state index contributed by atoms with van der Waals surface area (Å²) >= 11 is 1.54. The predicted octanol–water partition coefficient (Wildman–Crippen LogP) is 4.03. The van der Waals surface area contributed by atoms with Crippen molar-refractivity contribution in [2.45, 2.75) is 50.0 Å². The molecular weight excluding hydrogens is 392 g/mol. The number of sulfonamides is 1. The second-order valence-electron chi connectivity index (χ2n) is 8.08. The van der Waals surface area contributed by atoms with E-state index >= 15 is 0 Å². The molecule has 4 unspecified atom stereocenters. The van der Waals surface area contributed by atoms with Gasteiger partial charge in [0.15, 0.2) is 0 Å².